The van der Waals surface area contributed by atoms with Crippen LogP contribution in [0.15, 0.2) is 22.9 Å². The predicted octanol–water partition coefficient (Wildman–Crippen LogP) is 2.08. The summed E-state index contributed by atoms with van der Waals surface area (Å²) in [6.07, 6.45) is 1.34. The van der Waals surface area contributed by atoms with Gasteiger partial charge in [-0.3, -0.25) is 0 Å². The molecule has 0 aliphatic heterocycles. The summed E-state index contributed by atoms with van der Waals surface area (Å²) in [5, 5.41) is 13.2. The molecule has 2 aromatic rings. The summed E-state index contributed by atoms with van der Waals surface area (Å²) in [6.45, 7) is 1.60. The quantitative estimate of drug-likeness (QED) is 0.752. The van der Waals surface area contributed by atoms with E-state index in [0.717, 1.165) is 0 Å². The van der Waals surface area contributed by atoms with Crippen LogP contribution in [0.3, 0.4) is 0 Å². The van der Waals surface area contributed by atoms with E-state index in [9.17, 15) is 9.50 Å². The van der Waals surface area contributed by atoms with E-state index in [1.807, 2.05) is 0 Å². The van der Waals surface area contributed by atoms with Gasteiger partial charge in [0.05, 0.1) is 11.8 Å². The van der Waals surface area contributed by atoms with Gasteiger partial charge in [0, 0.05) is 5.56 Å². The van der Waals surface area contributed by atoms with Crippen molar-refractivity contribution in [3.05, 3.63) is 29.7 Å². The van der Waals surface area contributed by atoms with Crippen molar-refractivity contribution in [2.24, 2.45) is 0 Å². The number of hydrogen-bond donors (Lipinski definition) is 2. The van der Waals surface area contributed by atoms with Crippen LogP contribution < -0.4 is 5.73 Å². The third kappa shape index (κ3) is 1.52. The molecule has 15 heavy (non-hydrogen) atoms. The average molecular weight is 208 g/mol. The van der Waals surface area contributed by atoms with Gasteiger partial charge in [-0.25, -0.2) is 4.39 Å². The zero-order chi connectivity index (χ0) is 11.0. The fourth-order valence-corrected chi connectivity index (χ4v) is 1.39. The molecular formula is C10H9FN2O2. The zero-order valence-corrected chi connectivity index (χ0v) is 7.99. The van der Waals surface area contributed by atoms with Crippen LogP contribution in [-0.4, -0.2) is 10.3 Å². The molecule has 0 bridgehead atoms. The van der Waals surface area contributed by atoms with E-state index in [-0.39, 0.29) is 17.2 Å². The van der Waals surface area contributed by atoms with Crippen LogP contribution in [0.5, 0.6) is 5.75 Å². The Kier molecular flexibility index (Phi) is 2.07. The molecule has 1 heterocycles. The van der Waals surface area contributed by atoms with Crippen LogP contribution in [0.1, 0.15) is 5.56 Å². The van der Waals surface area contributed by atoms with E-state index < -0.39 is 5.82 Å². The number of aryl methyl sites for hydroxylation is 1. The summed E-state index contributed by atoms with van der Waals surface area (Å²) in [7, 11) is 0. The molecule has 5 heteroatoms. The minimum absolute atomic E-state index is 0.0219. The van der Waals surface area contributed by atoms with Crippen LogP contribution in [0.25, 0.3) is 11.1 Å². The summed E-state index contributed by atoms with van der Waals surface area (Å²) < 4.78 is 17.8. The Morgan fingerprint density at radius 2 is 2.13 bits per heavy atom. The molecule has 0 spiro atoms. The number of nitrogens with two attached hydrogens (primary N) is 1. The molecule has 0 fully saturated rings. The summed E-state index contributed by atoms with van der Waals surface area (Å²) in [5.74, 6) is -0.414. The molecule has 0 saturated heterocycles. The summed E-state index contributed by atoms with van der Waals surface area (Å²) in [5.41, 5.74) is 6.58. The largest absolute Gasteiger partial charge is 0.507 e. The molecule has 1 aromatic carbocycles. The van der Waals surface area contributed by atoms with Gasteiger partial charge in [-0.1, -0.05) is 5.16 Å². The first-order valence-electron chi connectivity index (χ1n) is 4.29. The Hall–Kier alpha value is -2.04. The van der Waals surface area contributed by atoms with Crippen molar-refractivity contribution in [2.75, 3.05) is 5.73 Å². The minimum atomic E-state index is -0.444. The fraction of sp³-hybridized carbons (Fsp3) is 0.100. The number of phenols is 1. The standard InChI is InChI=1S/C10H9FN2O2/c1-5-2-6(11)3-7(9(5)14)8-4-13-15-10(8)12/h2-4,14H,12H2,1H3. The monoisotopic (exact) mass is 208 g/mol. The number of hydrogen-bond acceptors (Lipinski definition) is 4. The van der Waals surface area contributed by atoms with E-state index in [2.05, 4.69) is 9.68 Å². The van der Waals surface area contributed by atoms with Gasteiger partial charge in [-0.2, -0.15) is 0 Å². The average Bonchev–Trinajstić information content (AvgIpc) is 2.58. The van der Waals surface area contributed by atoms with Crippen molar-refractivity contribution in [2.45, 2.75) is 6.92 Å². The SMILES string of the molecule is Cc1cc(F)cc(-c2cnoc2N)c1O. The van der Waals surface area contributed by atoms with E-state index in [1.54, 1.807) is 6.92 Å². The molecule has 0 atom stereocenters. The molecule has 78 valence electrons. The first-order chi connectivity index (χ1) is 7.09. The van der Waals surface area contributed by atoms with Gasteiger partial charge >= 0.3 is 0 Å². The highest BCUT2D eigenvalue weighted by atomic mass is 19.1. The van der Waals surface area contributed by atoms with Crippen LogP contribution >= 0.6 is 0 Å². The van der Waals surface area contributed by atoms with E-state index in [0.29, 0.717) is 11.1 Å². The maximum atomic E-state index is 13.1. The van der Waals surface area contributed by atoms with Gasteiger partial charge in [-0.15, -0.1) is 0 Å². The second-order valence-electron chi connectivity index (χ2n) is 3.22. The van der Waals surface area contributed by atoms with Gasteiger partial charge < -0.3 is 15.4 Å². The molecule has 2 rings (SSSR count). The van der Waals surface area contributed by atoms with Gasteiger partial charge in [0.2, 0.25) is 5.88 Å². The summed E-state index contributed by atoms with van der Waals surface area (Å²) >= 11 is 0. The van der Waals surface area contributed by atoms with Crippen molar-refractivity contribution in [1.29, 1.82) is 0 Å². The van der Waals surface area contributed by atoms with Crippen molar-refractivity contribution in [1.82, 2.24) is 5.16 Å². The van der Waals surface area contributed by atoms with Crippen molar-refractivity contribution in [3.8, 4) is 16.9 Å². The molecule has 1 aromatic heterocycles. The van der Waals surface area contributed by atoms with Crippen LogP contribution in [-0.2, 0) is 0 Å². The Labute approximate surface area is 85.1 Å². The molecule has 3 N–H and O–H groups in total. The number of aromatic hydroxyl groups is 1. The molecule has 0 aliphatic carbocycles. The Morgan fingerprint density at radius 3 is 2.73 bits per heavy atom. The first kappa shape index (κ1) is 9.51. The molecular weight excluding hydrogens is 199 g/mol. The lowest BCUT2D eigenvalue weighted by Crippen LogP contribution is -1.88. The minimum Gasteiger partial charge on any atom is -0.507 e. The van der Waals surface area contributed by atoms with Crippen molar-refractivity contribution >= 4 is 5.88 Å². The molecule has 0 aliphatic rings. The highest BCUT2D eigenvalue weighted by Crippen LogP contribution is 2.35. The van der Waals surface area contributed by atoms with Crippen LogP contribution in [0.2, 0.25) is 0 Å². The number of phenolic OH excluding ortho intramolecular Hbond substituents is 1. The molecule has 4 nitrogen and oxygen atoms in total. The Morgan fingerprint density at radius 1 is 1.40 bits per heavy atom. The lowest BCUT2D eigenvalue weighted by Gasteiger charge is -2.05. The maximum absolute atomic E-state index is 13.1. The number of nitrogen functional groups attached to an aromatic ring is 1. The highest BCUT2D eigenvalue weighted by Gasteiger charge is 2.14. The van der Waals surface area contributed by atoms with Crippen molar-refractivity contribution in [3.63, 3.8) is 0 Å². The van der Waals surface area contributed by atoms with E-state index >= 15 is 0 Å². The number of benzene rings is 1. The number of nitrogens with zero attached hydrogens (tertiary/aromatic N) is 1. The number of anilines is 1. The molecule has 0 unspecified atom stereocenters. The van der Waals surface area contributed by atoms with Crippen LogP contribution in [0.4, 0.5) is 10.3 Å². The Bertz CT molecular complexity index is 508. The van der Waals surface area contributed by atoms with Gasteiger partial charge in [0.25, 0.3) is 0 Å². The van der Waals surface area contributed by atoms with Crippen LogP contribution in [0, 0.1) is 12.7 Å². The third-order valence-corrected chi connectivity index (χ3v) is 2.15. The van der Waals surface area contributed by atoms with Gasteiger partial charge in [-0.05, 0) is 24.6 Å². The smallest absolute Gasteiger partial charge is 0.230 e. The van der Waals surface area contributed by atoms with Crippen molar-refractivity contribution < 1.29 is 14.0 Å². The summed E-state index contributed by atoms with van der Waals surface area (Å²) in [4.78, 5) is 0. The zero-order valence-electron chi connectivity index (χ0n) is 7.99. The van der Waals surface area contributed by atoms with E-state index in [4.69, 9.17) is 5.73 Å². The summed E-state index contributed by atoms with van der Waals surface area (Å²) in [6, 6.07) is 2.42. The highest BCUT2D eigenvalue weighted by molar-refractivity contribution is 5.77. The third-order valence-electron chi connectivity index (χ3n) is 2.15. The van der Waals surface area contributed by atoms with Gasteiger partial charge in [0.1, 0.15) is 11.6 Å². The topological polar surface area (TPSA) is 72.3 Å². The molecule has 0 saturated carbocycles. The molecule has 0 radical (unpaired) electrons. The maximum Gasteiger partial charge on any atom is 0.230 e. The Balaban J connectivity index is 2.68. The van der Waals surface area contributed by atoms with Gasteiger partial charge in [0.15, 0.2) is 0 Å². The fourth-order valence-electron chi connectivity index (χ4n) is 1.39. The first-order valence-corrected chi connectivity index (χ1v) is 4.29. The lowest BCUT2D eigenvalue weighted by molar-refractivity contribution is 0.436. The lowest BCUT2D eigenvalue weighted by atomic mass is 10.0. The second-order valence-corrected chi connectivity index (χ2v) is 3.22. The number of halogens is 1. The second kappa shape index (κ2) is 3.27. The normalized spacial score (nSPS) is 10.5. The predicted molar refractivity (Wildman–Crippen MR) is 52.7 cm³/mol. The van der Waals surface area contributed by atoms with E-state index in [1.165, 1.54) is 18.3 Å². The molecule has 0 amide bonds. The number of aromatic nitrogens is 1. The number of rotatable bonds is 1.